The average molecular weight is 241 g/mol. The number of aromatic carboxylic acids is 1. The van der Waals surface area contributed by atoms with Crippen molar-refractivity contribution in [1.29, 1.82) is 0 Å². The van der Waals surface area contributed by atoms with Crippen LogP contribution >= 0.6 is 0 Å². The molecule has 0 fully saturated rings. The van der Waals surface area contributed by atoms with E-state index in [-0.39, 0.29) is 23.8 Å². The maximum atomic E-state index is 13.3. The normalized spacial score (nSPS) is 9.82. The van der Waals surface area contributed by atoms with Crippen molar-refractivity contribution in [2.24, 2.45) is 0 Å². The second-order valence-corrected chi connectivity index (χ2v) is 3.53. The summed E-state index contributed by atoms with van der Waals surface area (Å²) in [7, 11) is 3.10. The molecule has 1 N–H and O–H groups in total. The van der Waals surface area contributed by atoms with Gasteiger partial charge in [0.05, 0.1) is 5.56 Å². The fraction of sp³-hybridized carbons (Fsp3) is 0.273. The van der Waals surface area contributed by atoms with Gasteiger partial charge in [0.1, 0.15) is 0 Å². The van der Waals surface area contributed by atoms with Crippen LogP contribution in [0.2, 0.25) is 0 Å². The Hall–Kier alpha value is -2.11. The van der Waals surface area contributed by atoms with E-state index in [9.17, 15) is 14.0 Å². The van der Waals surface area contributed by atoms with E-state index in [4.69, 9.17) is 9.84 Å². The first-order chi connectivity index (χ1) is 7.91. The first-order valence-corrected chi connectivity index (χ1v) is 4.77. The molecule has 0 aliphatic rings. The van der Waals surface area contributed by atoms with Crippen LogP contribution in [0.15, 0.2) is 18.2 Å². The van der Waals surface area contributed by atoms with Crippen molar-refractivity contribution in [3.8, 4) is 5.75 Å². The van der Waals surface area contributed by atoms with E-state index in [2.05, 4.69) is 0 Å². The Labute approximate surface area is 97.4 Å². The second-order valence-electron chi connectivity index (χ2n) is 3.53. The van der Waals surface area contributed by atoms with Crippen LogP contribution in [-0.4, -0.2) is 42.6 Å². The molecule has 0 aromatic heterocycles. The first-order valence-electron chi connectivity index (χ1n) is 4.77. The molecule has 0 bridgehead atoms. The summed E-state index contributed by atoms with van der Waals surface area (Å²) in [5.74, 6) is -2.49. The van der Waals surface area contributed by atoms with E-state index >= 15 is 0 Å². The van der Waals surface area contributed by atoms with Crippen molar-refractivity contribution < 1.29 is 23.8 Å². The SMILES string of the molecule is CN(C)C(=O)COc1ccc(C(=O)O)cc1F. The van der Waals surface area contributed by atoms with Crippen molar-refractivity contribution in [2.45, 2.75) is 0 Å². The second kappa shape index (κ2) is 5.29. The molecular weight excluding hydrogens is 229 g/mol. The minimum absolute atomic E-state index is 0.148. The minimum atomic E-state index is -1.22. The molecular formula is C11H12FNO4. The van der Waals surface area contributed by atoms with Crippen LogP contribution < -0.4 is 4.74 Å². The number of benzene rings is 1. The highest BCUT2D eigenvalue weighted by Crippen LogP contribution is 2.18. The molecule has 0 spiro atoms. The van der Waals surface area contributed by atoms with Gasteiger partial charge in [-0.05, 0) is 18.2 Å². The third-order valence-electron chi connectivity index (χ3n) is 2.03. The van der Waals surface area contributed by atoms with Gasteiger partial charge in [-0.2, -0.15) is 0 Å². The highest BCUT2D eigenvalue weighted by Gasteiger charge is 2.11. The number of hydrogen-bond acceptors (Lipinski definition) is 3. The van der Waals surface area contributed by atoms with Crippen molar-refractivity contribution in [1.82, 2.24) is 4.90 Å². The molecule has 5 nitrogen and oxygen atoms in total. The molecule has 1 aromatic rings. The molecule has 17 heavy (non-hydrogen) atoms. The Kier molecular flexibility index (Phi) is 4.03. The largest absolute Gasteiger partial charge is 0.481 e. The molecule has 0 aliphatic carbocycles. The molecule has 0 radical (unpaired) electrons. The highest BCUT2D eigenvalue weighted by atomic mass is 19.1. The van der Waals surface area contributed by atoms with E-state index in [0.29, 0.717) is 0 Å². The third kappa shape index (κ3) is 3.44. The topological polar surface area (TPSA) is 66.8 Å². The minimum Gasteiger partial charge on any atom is -0.481 e. The van der Waals surface area contributed by atoms with Crippen LogP contribution in [0.4, 0.5) is 4.39 Å². The number of rotatable bonds is 4. The van der Waals surface area contributed by atoms with E-state index in [1.807, 2.05) is 0 Å². The summed E-state index contributed by atoms with van der Waals surface area (Å²) in [5.41, 5.74) is -0.172. The Morgan fingerprint density at radius 2 is 2.06 bits per heavy atom. The zero-order valence-corrected chi connectivity index (χ0v) is 9.44. The van der Waals surface area contributed by atoms with Gasteiger partial charge in [-0.15, -0.1) is 0 Å². The summed E-state index contributed by atoms with van der Waals surface area (Å²) in [6.45, 7) is -0.295. The average Bonchev–Trinajstić information content (AvgIpc) is 2.26. The predicted octanol–water partition coefficient (Wildman–Crippen LogP) is 0.991. The summed E-state index contributed by atoms with van der Waals surface area (Å²) in [6.07, 6.45) is 0. The number of carbonyl (C=O) groups excluding carboxylic acids is 1. The number of ether oxygens (including phenoxy) is 1. The summed E-state index contributed by atoms with van der Waals surface area (Å²) in [6, 6.07) is 3.24. The van der Waals surface area contributed by atoms with Gasteiger partial charge >= 0.3 is 5.97 Å². The monoisotopic (exact) mass is 241 g/mol. The van der Waals surface area contributed by atoms with Gasteiger partial charge in [0.15, 0.2) is 18.2 Å². The Morgan fingerprint density at radius 1 is 1.41 bits per heavy atom. The summed E-state index contributed by atoms with van der Waals surface area (Å²) in [4.78, 5) is 23.0. The molecule has 0 aliphatic heterocycles. The summed E-state index contributed by atoms with van der Waals surface area (Å²) in [5, 5.41) is 8.62. The van der Waals surface area contributed by atoms with Crippen LogP contribution in [0.1, 0.15) is 10.4 Å². The van der Waals surface area contributed by atoms with Gasteiger partial charge in [0.2, 0.25) is 0 Å². The lowest BCUT2D eigenvalue weighted by atomic mass is 10.2. The fourth-order valence-corrected chi connectivity index (χ4v) is 1.02. The molecule has 0 saturated carbocycles. The number of likely N-dealkylation sites (N-methyl/N-ethyl adjacent to an activating group) is 1. The van der Waals surface area contributed by atoms with Gasteiger partial charge in [-0.25, -0.2) is 9.18 Å². The molecule has 0 saturated heterocycles. The molecule has 1 amide bonds. The summed E-state index contributed by atoms with van der Waals surface area (Å²) < 4.78 is 18.3. The van der Waals surface area contributed by atoms with Crippen LogP contribution in [0.5, 0.6) is 5.75 Å². The standard InChI is InChI=1S/C11H12FNO4/c1-13(2)10(14)6-17-9-4-3-7(11(15)16)5-8(9)12/h3-5H,6H2,1-2H3,(H,15,16). The van der Waals surface area contributed by atoms with Gasteiger partial charge in [0.25, 0.3) is 5.91 Å². The Morgan fingerprint density at radius 3 is 2.53 bits per heavy atom. The highest BCUT2D eigenvalue weighted by molar-refractivity contribution is 5.87. The quantitative estimate of drug-likeness (QED) is 0.853. The summed E-state index contributed by atoms with van der Waals surface area (Å²) >= 11 is 0. The number of amides is 1. The molecule has 0 atom stereocenters. The molecule has 92 valence electrons. The molecule has 0 heterocycles. The number of carbonyl (C=O) groups is 2. The van der Waals surface area contributed by atoms with Crippen molar-refractivity contribution >= 4 is 11.9 Å². The zero-order valence-electron chi connectivity index (χ0n) is 9.44. The van der Waals surface area contributed by atoms with Crippen LogP contribution in [0.3, 0.4) is 0 Å². The maximum absolute atomic E-state index is 13.3. The number of nitrogens with zero attached hydrogens (tertiary/aromatic N) is 1. The van der Waals surface area contributed by atoms with Gasteiger partial charge in [-0.3, -0.25) is 4.79 Å². The molecule has 0 unspecified atom stereocenters. The van der Waals surface area contributed by atoms with Crippen molar-refractivity contribution in [2.75, 3.05) is 20.7 Å². The fourth-order valence-electron chi connectivity index (χ4n) is 1.02. The van der Waals surface area contributed by atoms with E-state index in [1.165, 1.54) is 17.0 Å². The smallest absolute Gasteiger partial charge is 0.335 e. The van der Waals surface area contributed by atoms with Gasteiger partial charge < -0.3 is 14.7 Å². The lowest BCUT2D eigenvalue weighted by Gasteiger charge is -2.11. The Balaban J connectivity index is 2.73. The lowest BCUT2D eigenvalue weighted by Crippen LogP contribution is -2.27. The lowest BCUT2D eigenvalue weighted by molar-refractivity contribution is -0.130. The van der Waals surface area contributed by atoms with Crippen LogP contribution in [0, 0.1) is 5.82 Å². The number of carboxylic acid groups (broad SMARTS) is 1. The molecule has 1 rings (SSSR count). The number of halogens is 1. The van der Waals surface area contributed by atoms with E-state index < -0.39 is 11.8 Å². The van der Waals surface area contributed by atoms with Gasteiger partial charge in [0, 0.05) is 14.1 Å². The van der Waals surface area contributed by atoms with Gasteiger partial charge in [-0.1, -0.05) is 0 Å². The first kappa shape index (κ1) is 13.0. The van der Waals surface area contributed by atoms with Crippen LogP contribution in [-0.2, 0) is 4.79 Å². The third-order valence-corrected chi connectivity index (χ3v) is 2.03. The zero-order chi connectivity index (χ0) is 13.0. The predicted molar refractivity (Wildman–Crippen MR) is 57.5 cm³/mol. The van der Waals surface area contributed by atoms with Crippen LogP contribution in [0.25, 0.3) is 0 Å². The number of hydrogen-bond donors (Lipinski definition) is 1. The van der Waals surface area contributed by atoms with E-state index in [1.54, 1.807) is 14.1 Å². The maximum Gasteiger partial charge on any atom is 0.335 e. The molecule has 1 aromatic carbocycles. The number of carboxylic acids is 1. The Bertz CT molecular complexity index is 445. The van der Waals surface area contributed by atoms with Crippen molar-refractivity contribution in [3.63, 3.8) is 0 Å². The van der Waals surface area contributed by atoms with E-state index in [0.717, 1.165) is 6.07 Å². The molecule has 6 heteroatoms. The van der Waals surface area contributed by atoms with Crippen molar-refractivity contribution in [3.05, 3.63) is 29.6 Å².